The Morgan fingerprint density at radius 1 is 1.05 bits per heavy atom. The lowest BCUT2D eigenvalue weighted by molar-refractivity contribution is -0.215. The molecule has 1 saturated heterocycles. The van der Waals surface area contributed by atoms with Crippen LogP contribution in [0, 0.1) is 5.41 Å². The largest absolute Gasteiger partial charge is 0.420 e. The van der Waals surface area contributed by atoms with Crippen molar-refractivity contribution < 1.29 is 19.1 Å². The summed E-state index contributed by atoms with van der Waals surface area (Å²) in [7, 11) is 0. The molecule has 0 bridgehead atoms. The fourth-order valence-electron chi connectivity index (χ4n) is 2.20. The Balaban J connectivity index is 2.10. The highest BCUT2D eigenvalue weighted by Crippen LogP contribution is 2.34. The van der Waals surface area contributed by atoms with E-state index in [-0.39, 0.29) is 0 Å². The topological polar surface area (TPSA) is 52.6 Å². The molecule has 20 heavy (non-hydrogen) atoms. The first kappa shape index (κ1) is 14.3. The molecule has 1 aromatic rings. The zero-order valence-electron chi connectivity index (χ0n) is 11.7. The Hall–Kier alpha value is -2.10. The first-order chi connectivity index (χ1) is 9.62. The van der Waals surface area contributed by atoms with Gasteiger partial charge in [-0.05, 0) is 24.5 Å². The molecule has 0 amide bonds. The first-order valence-electron chi connectivity index (χ1n) is 6.78. The molecule has 0 N–H and O–H groups in total. The van der Waals surface area contributed by atoms with Crippen molar-refractivity contribution in [1.29, 1.82) is 0 Å². The van der Waals surface area contributed by atoms with Gasteiger partial charge in [0.25, 0.3) is 6.29 Å². The predicted molar refractivity (Wildman–Crippen MR) is 74.5 cm³/mol. The van der Waals surface area contributed by atoms with E-state index in [2.05, 4.69) is 0 Å². The van der Waals surface area contributed by atoms with Crippen LogP contribution >= 0.6 is 0 Å². The van der Waals surface area contributed by atoms with Gasteiger partial charge in [0.15, 0.2) is 5.41 Å². The summed E-state index contributed by atoms with van der Waals surface area (Å²) >= 11 is 0. The van der Waals surface area contributed by atoms with E-state index in [0.29, 0.717) is 12.8 Å². The van der Waals surface area contributed by atoms with Gasteiger partial charge in [0.2, 0.25) is 0 Å². The van der Waals surface area contributed by atoms with E-state index in [9.17, 15) is 9.59 Å². The van der Waals surface area contributed by atoms with Crippen molar-refractivity contribution in [2.24, 2.45) is 5.41 Å². The minimum absolute atomic E-state index is 0.385. The van der Waals surface area contributed by atoms with E-state index >= 15 is 0 Å². The fraction of sp³-hybridized carbons (Fsp3) is 0.375. The van der Waals surface area contributed by atoms with E-state index in [4.69, 9.17) is 9.47 Å². The molecule has 0 atom stereocenters. The summed E-state index contributed by atoms with van der Waals surface area (Å²) in [6.45, 7) is 3.57. The normalized spacial score (nSPS) is 18.9. The monoisotopic (exact) mass is 274 g/mol. The molecule has 4 nitrogen and oxygen atoms in total. The van der Waals surface area contributed by atoms with Crippen LogP contribution in [0.4, 0.5) is 0 Å². The summed E-state index contributed by atoms with van der Waals surface area (Å²) in [5.74, 6) is -0.997. The number of hydrogen-bond acceptors (Lipinski definition) is 4. The average molecular weight is 274 g/mol. The quantitative estimate of drug-likeness (QED) is 0.625. The van der Waals surface area contributed by atoms with Crippen molar-refractivity contribution in [3.63, 3.8) is 0 Å². The summed E-state index contributed by atoms with van der Waals surface area (Å²) < 4.78 is 10.4. The number of carbonyl (C=O) groups excluding carboxylic acids is 2. The molecule has 1 aliphatic rings. The highest BCUT2D eigenvalue weighted by atomic mass is 16.7. The fourth-order valence-corrected chi connectivity index (χ4v) is 2.20. The van der Waals surface area contributed by atoms with E-state index in [1.807, 2.05) is 30.3 Å². The van der Waals surface area contributed by atoms with Crippen molar-refractivity contribution in [2.45, 2.75) is 33.0 Å². The summed E-state index contributed by atoms with van der Waals surface area (Å²) in [5, 5.41) is 0. The number of esters is 2. The van der Waals surface area contributed by atoms with Crippen molar-refractivity contribution in [3.05, 3.63) is 42.0 Å². The Morgan fingerprint density at radius 2 is 1.60 bits per heavy atom. The molecule has 0 aromatic heterocycles. The smallest absolute Gasteiger partial charge is 0.326 e. The van der Waals surface area contributed by atoms with E-state index < -0.39 is 23.6 Å². The zero-order chi connectivity index (χ0) is 14.6. The Bertz CT molecular complexity index is 495. The van der Waals surface area contributed by atoms with Crippen molar-refractivity contribution in [1.82, 2.24) is 0 Å². The van der Waals surface area contributed by atoms with Crippen molar-refractivity contribution in [3.8, 4) is 0 Å². The van der Waals surface area contributed by atoms with E-state index in [1.165, 1.54) is 0 Å². The molecule has 0 unspecified atom stereocenters. The van der Waals surface area contributed by atoms with Crippen LogP contribution in [0.5, 0.6) is 0 Å². The molecule has 4 heteroatoms. The van der Waals surface area contributed by atoms with Crippen LogP contribution in [-0.2, 0) is 19.1 Å². The van der Waals surface area contributed by atoms with Gasteiger partial charge >= 0.3 is 11.9 Å². The molecule has 0 spiro atoms. The van der Waals surface area contributed by atoms with Gasteiger partial charge in [-0.15, -0.1) is 0 Å². The summed E-state index contributed by atoms with van der Waals surface area (Å²) in [4.78, 5) is 24.1. The van der Waals surface area contributed by atoms with Gasteiger partial charge in [-0.1, -0.05) is 50.3 Å². The molecular weight excluding hydrogens is 256 g/mol. The first-order valence-corrected chi connectivity index (χ1v) is 6.78. The second kappa shape index (κ2) is 5.90. The Morgan fingerprint density at radius 3 is 2.10 bits per heavy atom. The van der Waals surface area contributed by atoms with Gasteiger partial charge < -0.3 is 9.47 Å². The lowest BCUT2D eigenvalue weighted by atomic mass is 9.82. The van der Waals surface area contributed by atoms with Crippen LogP contribution in [0.1, 0.15) is 32.3 Å². The Labute approximate surface area is 118 Å². The lowest BCUT2D eigenvalue weighted by Gasteiger charge is -2.34. The van der Waals surface area contributed by atoms with Gasteiger partial charge in [0, 0.05) is 0 Å². The molecule has 0 aliphatic carbocycles. The number of rotatable bonds is 4. The van der Waals surface area contributed by atoms with Crippen LogP contribution in [-0.4, -0.2) is 18.2 Å². The minimum Gasteiger partial charge on any atom is -0.420 e. The van der Waals surface area contributed by atoms with Gasteiger partial charge in [-0.2, -0.15) is 0 Å². The molecule has 0 radical (unpaired) electrons. The third kappa shape index (κ3) is 2.59. The highest BCUT2D eigenvalue weighted by Gasteiger charge is 2.50. The number of cyclic esters (lactones) is 2. The van der Waals surface area contributed by atoms with Crippen LogP contribution < -0.4 is 0 Å². The number of carbonyl (C=O) groups is 2. The molecule has 106 valence electrons. The van der Waals surface area contributed by atoms with Crippen LogP contribution in [0.3, 0.4) is 0 Å². The highest BCUT2D eigenvalue weighted by molar-refractivity contribution is 6.01. The summed E-state index contributed by atoms with van der Waals surface area (Å²) in [6.07, 6.45) is 3.16. The second-order valence-electron chi connectivity index (χ2n) is 4.74. The molecule has 1 fully saturated rings. The molecule has 1 aliphatic heterocycles. The van der Waals surface area contributed by atoms with E-state index in [1.54, 1.807) is 26.0 Å². The maximum absolute atomic E-state index is 12.1. The molecule has 0 saturated carbocycles. The van der Waals surface area contributed by atoms with E-state index in [0.717, 1.165) is 5.56 Å². The van der Waals surface area contributed by atoms with Crippen molar-refractivity contribution >= 4 is 18.0 Å². The van der Waals surface area contributed by atoms with Crippen molar-refractivity contribution in [2.75, 3.05) is 0 Å². The number of ether oxygens (including phenoxy) is 2. The average Bonchev–Trinajstić information content (AvgIpc) is 2.47. The standard InChI is InChI=1S/C16H18O4/c1-3-16(4-2)14(17)19-13(20-15(16)18)11-10-12-8-6-5-7-9-12/h5-11,13H,3-4H2,1-2H3. The number of hydrogen-bond donors (Lipinski definition) is 0. The summed E-state index contributed by atoms with van der Waals surface area (Å²) in [5.41, 5.74) is -0.195. The van der Waals surface area contributed by atoms with Crippen LogP contribution in [0.2, 0.25) is 0 Å². The SMILES string of the molecule is CCC1(CC)C(=O)OC(C=Cc2ccccc2)OC1=O. The Kier molecular flexibility index (Phi) is 4.23. The molecular formula is C16H18O4. The minimum atomic E-state index is -1.14. The zero-order valence-corrected chi connectivity index (χ0v) is 11.7. The van der Waals surface area contributed by atoms with Gasteiger partial charge in [-0.25, -0.2) is 0 Å². The molecule has 2 rings (SSSR count). The third-order valence-corrected chi connectivity index (χ3v) is 3.68. The third-order valence-electron chi connectivity index (χ3n) is 3.68. The maximum atomic E-state index is 12.1. The van der Waals surface area contributed by atoms with Gasteiger partial charge in [0.1, 0.15) is 0 Å². The molecule has 1 heterocycles. The maximum Gasteiger partial charge on any atom is 0.326 e. The number of benzene rings is 1. The molecule has 1 aromatic carbocycles. The predicted octanol–water partition coefficient (Wildman–Crippen LogP) is 2.93. The summed E-state index contributed by atoms with van der Waals surface area (Å²) in [6, 6.07) is 9.53. The second-order valence-corrected chi connectivity index (χ2v) is 4.74. The van der Waals surface area contributed by atoms with Crippen LogP contribution in [0.15, 0.2) is 36.4 Å². The van der Waals surface area contributed by atoms with Crippen LogP contribution in [0.25, 0.3) is 6.08 Å². The van der Waals surface area contributed by atoms with Gasteiger partial charge in [-0.3, -0.25) is 9.59 Å². The van der Waals surface area contributed by atoms with Gasteiger partial charge in [0.05, 0.1) is 0 Å². The lowest BCUT2D eigenvalue weighted by Crippen LogP contribution is -2.49.